The van der Waals surface area contributed by atoms with Crippen LogP contribution in [0, 0.1) is 0 Å². The van der Waals surface area contributed by atoms with Crippen LogP contribution in [0.5, 0.6) is 0 Å². The molecule has 0 spiro atoms. The van der Waals surface area contributed by atoms with Gasteiger partial charge in [-0.05, 0) is 30.2 Å². The normalized spacial score (nSPS) is 16.8. The van der Waals surface area contributed by atoms with Gasteiger partial charge >= 0.3 is 0 Å². The molecule has 2 aromatic carbocycles. The first-order valence-electron chi connectivity index (χ1n) is 14.7. The van der Waals surface area contributed by atoms with Crippen LogP contribution in [-0.2, 0) is 9.59 Å². The van der Waals surface area contributed by atoms with Crippen molar-refractivity contribution in [3.05, 3.63) is 74.7 Å². The quantitative estimate of drug-likeness (QED) is 0.0833. The van der Waals surface area contributed by atoms with Gasteiger partial charge in [0.25, 0.3) is 11.7 Å². The van der Waals surface area contributed by atoms with Gasteiger partial charge in [-0.25, -0.2) is 0 Å². The Balaban J connectivity index is 1.54. The van der Waals surface area contributed by atoms with E-state index in [9.17, 15) is 14.7 Å². The molecule has 0 aliphatic carbocycles. The third-order valence-electron chi connectivity index (χ3n) is 7.59. The van der Waals surface area contributed by atoms with Gasteiger partial charge in [0.05, 0.1) is 11.6 Å². The number of rotatable bonds is 17. The topological polar surface area (TPSA) is 57.6 Å². The Morgan fingerprint density at radius 1 is 0.821 bits per heavy atom. The number of Topliss-reactive ketones (excluding diaryl/α,β-unsaturated/α-hetero) is 1. The van der Waals surface area contributed by atoms with Crippen LogP contribution in [0.25, 0.3) is 5.76 Å². The first-order valence-corrected chi connectivity index (χ1v) is 15.9. The standard InChI is InChI=1S/C33H43BrClNO3/c1-2-3-4-5-6-7-8-9-10-11-12-13-14-17-23-36-30(27-21-15-16-22-28(27)35)29(32(38)33(36)39)31(37)25-19-18-20-26(34)24-25/h15-16,18-22,24,30,37H,2-14,17,23H2,1H3/b31-29+/t30-/m0/s1. The van der Waals surface area contributed by atoms with Crippen molar-refractivity contribution in [2.45, 2.75) is 103 Å². The van der Waals surface area contributed by atoms with Crippen LogP contribution >= 0.6 is 27.5 Å². The van der Waals surface area contributed by atoms with Crippen molar-refractivity contribution in [2.75, 3.05) is 6.54 Å². The minimum Gasteiger partial charge on any atom is -0.507 e. The Morgan fingerprint density at radius 2 is 1.38 bits per heavy atom. The molecule has 6 heteroatoms. The maximum absolute atomic E-state index is 13.2. The summed E-state index contributed by atoms with van der Waals surface area (Å²) < 4.78 is 0.775. The van der Waals surface area contributed by atoms with Crippen LogP contribution in [0.2, 0.25) is 5.02 Å². The van der Waals surface area contributed by atoms with Gasteiger partial charge in [0, 0.05) is 21.6 Å². The van der Waals surface area contributed by atoms with E-state index in [4.69, 9.17) is 11.6 Å². The summed E-state index contributed by atoms with van der Waals surface area (Å²) in [6.07, 6.45) is 17.6. The van der Waals surface area contributed by atoms with Crippen molar-refractivity contribution in [2.24, 2.45) is 0 Å². The molecule has 1 atom stereocenters. The fourth-order valence-corrected chi connectivity index (χ4v) is 6.04. The van der Waals surface area contributed by atoms with Crippen LogP contribution in [-0.4, -0.2) is 28.2 Å². The van der Waals surface area contributed by atoms with E-state index in [0.717, 1.165) is 23.7 Å². The van der Waals surface area contributed by atoms with Crippen molar-refractivity contribution in [1.82, 2.24) is 4.90 Å². The minimum atomic E-state index is -0.709. The zero-order valence-corrected chi connectivity index (χ0v) is 25.6. The highest BCUT2D eigenvalue weighted by atomic mass is 79.9. The summed E-state index contributed by atoms with van der Waals surface area (Å²) in [4.78, 5) is 27.9. The van der Waals surface area contributed by atoms with Crippen LogP contribution < -0.4 is 0 Å². The molecule has 0 unspecified atom stereocenters. The zero-order chi connectivity index (χ0) is 28.0. The van der Waals surface area contributed by atoms with Crippen LogP contribution in [0.3, 0.4) is 0 Å². The van der Waals surface area contributed by atoms with Gasteiger partial charge in [-0.3, -0.25) is 9.59 Å². The average Bonchev–Trinajstić information content (AvgIpc) is 3.18. The fraction of sp³-hybridized carbons (Fsp3) is 0.515. The van der Waals surface area contributed by atoms with Crippen molar-refractivity contribution in [3.8, 4) is 0 Å². The summed E-state index contributed by atoms with van der Waals surface area (Å²) in [5.74, 6) is -1.42. The number of aliphatic hydroxyl groups excluding tert-OH is 1. The van der Waals surface area contributed by atoms with Crippen LogP contribution in [0.1, 0.15) is 114 Å². The van der Waals surface area contributed by atoms with Gasteiger partial charge in [-0.2, -0.15) is 0 Å². The molecule has 0 aromatic heterocycles. The van der Waals surface area contributed by atoms with Crippen molar-refractivity contribution in [1.29, 1.82) is 0 Å². The number of halogens is 2. The molecule has 1 saturated heterocycles. The lowest BCUT2D eigenvalue weighted by molar-refractivity contribution is -0.139. The summed E-state index contributed by atoms with van der Waals surface area (Å²) in [5.41, 5.74) is 1.23. The summed E-state index contributed by atoms with van der Waals surface area (Å²) in [6, 6.07) is 13.6. The molecule has 1 heterocycles. The number of likely N-dealkylation sites (tertiary alicyclic amines) is 1. The van der Waals surface area contributed by atoms with Gasteiger partial charge < -0.3 is 10.0 Å². The molecule has 2 aromatic rings. The Bertz CT molecular complexity index is 1120. The van der Waals surface area contributed by atoms with E-state index in [1.165, 1.54) is 70.6 Å². The molecule has 1 aliphatic heterocycles. The van der Waals surface area contributed by atoms with Crippen LogP contribution in [0.4, 0.5) is 0 Å². The number of benzene rings is 2. The number of aliphatic hydroxyl groups is 1. The second kappa shape index (κ2) is 16.9. The molecule has 1 N–H and O–H groups in total. The van der Waals surface area contributed by atoms with Crippen LogP contribution in [0.15, 0.2) is 58.6 Å². The van der Waals surface area contributed by atoms with Crippen molar-refractivity contribution >= 4 is 45.0 Å². The SMILES string of the molecule is CCCCCCCCCCCCCCCCN1C(=O)C(=O)/C(=C(/O)c2cccc(Br)c2)[C@@H]1c1ccccc1Cl. The van der Waals surface area contributed by atoms with Gasteiger partial charge in [0.1, 0.15) is 5.76 Å². The molecule has 1 fully saturated rings. The molecule has 3 rings (SSSR count). The minimum absolute atomic E-state index is 0.0940. The van der Waals surface area contributed by atoms with Gasteiger partial charge in [0.2, 0.25) is 0 Å². The molecule has 0 radical (unpaired) electrons. The second-order valence-electron chi connectivity index (χ2n) is 10.6. The molecule has 0 bridgehead atoms. The maximum Gasteiger partial charge on any atom is 0.295 e. The van der Waals surface area contributed by atoms with Gasteiger partial charge in [-0.15, -0.1) is 0 Å². The number of hydrogen-bond acceptors (Lipinski definition) is 3. The molecule has 39 heavy (non-hydrogen) atoms. The lowest BCUT2D eigenvalue weighted by Gasteiger charge is -2.26. The highest BCUT2D eigenvalue weighted by Gasteiger charge is 2.46. The van der Waals surface area contributed by atoms with E-state index in [1.54, 1.807) is 29.2 Å². The van der Waals surface area contributed by atoms with Crippen molar-refractivity contribution in [3.63, 3.8) is 0 Å². The van der Waals surface area contributed by atoms with E-state index in [2.05, 4.69) is 22.9 Å². The monoisotopic (exact) mass is 615 g/mol. The number of nitrogens with zero attached hydrogens (tertiary/aromatic N) is 1. The number of amides is 1. The largest absolute Gasteiger partial charge is 0.507 e. The predicted molar refractivity (Wildman–Crippen MR) is 165 cm³/mol. The molecule has 212 valence electrons. The summed E-state index contributed by atoms with van der Waals surface area (Å²) >= 11 is 9.96. The van der Waals surface area contributed by atoms with E-state index >= 15 is 0 Å². The molecule has 1 aliphatic rings. The summed E-state index contributed by atoms with van der Waals surface area (Å²) in [6.45, 7) is 2.71. The maximum atomic E-state index is 13.2. The Labute approximate surface area is 248 Å². The third-order valence-corrected chi connectivity index (χ3v) is 8.43. The second-order valence-corrected chi connectivity index (χ2v) is 11.9. The predicted octanol–water partition coefficient (Wildman–Crippen LogP) is 10.0. The molecule has 0 saturated carbocycles. The highest BCUT2D eigenvalue weighted by molar-refractivity contribution is 9.10. The highest BCUT2D eigenvalue weighted by Crippen LogP contribution is 2.42. The Morgan fingerprint density at radius 3 is 1.95 bits per heavy atom. The zero-order valence-electron chi connectivity index (χ0n) is 23.3. The number of carbonyl (C=O) groups excluding carboxylic acids is 2. The third kappa shape index (κ3) is 9.21. The van der Waals surface area contributed by atoms with E-state index in [1.807, 2.05) is 24.3 Å². The number of ketones is 1. The first-order chi connectivity index (χ1) is 19.0. The van der Waals surface area contributed by atoms with Crippen molar-refractivity contribution < 1.29 is 14.7 Å². The van der Waals surface area contributed by atoms with E-state index < -0.39 is 17.7 Å². The number of unbranched alkanes of at least 4 members (excludes halogenated alkanes) is 13. The van der Waals surface area contributed by atoms with E-state index in [0.29, 0.717) is 22.7 Å². The van der Waals surface area contributed by atoms with E-state index in [-0.39, 0.29) is 11.3 Å². The van der Waals surface area contributed by atoms with Gasteiger partial charge in [-0.1, -0.05) is 148 Å². The Kier molecular flexibility index (Phi) is 13.6. The average molecular weight is 617 g/mol. The van der Waals surface area contributed by atoms with Gasteiger partial charge in [0.15, 0.2) is 0 Å². The number of carbonyl (C=O) groups is 2. The molecule has 4 nitrogen and oxygen atoms in total. The smallest absolute Gasteiger partial charge is 0.295 e. The Hall–Kier alpha value is -2.11. The number of hydrogen-bond donors (Lipinski definition) is 1. The molecule has 1 amide bonds. The fourth-order valence-electron chi connectivity index (χ4n) is 5.40. The lowest BCUT2D eigenvalue weighted by atomic mass is 9.95. The summed E-state index contributed by atoms with van der Waals surface area (Å²) in [7, 11) is 0. The molecular formula is C33H43BrClNO3. The lowest BCUT2D eigenvalue weighted by Crippen LogP contribution is -2.30. The first kappa shape index (κ1) is 31.4. The molecular weight excluding hydrogens is 574 g/mol. The summed E-state index contributed by atoms with van der Waals surface area (Å²) in [5, 5.41) is 11.7.